The van der Waals surface area contributed by atoms with Crippen molar-refractivity contribution in [2.75, 3.05) is 71.9 Å². The second-order valence-corrected chi connectivity index (χ2v) is 12.1. The number of likely N-dealkylation sites (tertiary alicyclic amines) is 1. The number of ether oxygens (including phenoxy) is 1. The summed E-state index contributed by atoms with van der Waals surface area (Å²) in [6, 6.07) is 16.0. The molecule has 1 atom stereocenters. The van der Waals surface area contributed by atoms with Crippen LogP contribution in [0.25, 0.3) is 10.8 Å². The highest BCUT2D eigenvalue weighted by Crippen LogP contribution is 2.33. The number of likely N-dealkylation sites (N-methyl/N-ethyl adjacent to an activating group) is 2. The van der Waals surface area contributed by atoms with Crippen molar-refractivity contribution in [3.63, 3.8) is 0 Å². The summed E-state index contributed by atoms with van der Waals surface area (Å²) in [5.74, 6) is 1.04. The molecule has 2 fully saturated rings. The van der Waals surface area contributed by atoms with Gasteiger partial charge in [0.1, 0.15) is 12.4 Å². The van der Waals surface area contributed by atoms with Crippen molar-refractivity contribution in [2.45, 2.75) is 38.5 Å². The van der Waals surface area contributed by atoms with Crippen LogP contribution in [0.3, 0.4) is 0 Å². The number of aromatic nitrogens is 2. The normalized spacial score (nSPS) is 19.9. The average Bonchev–Trinajstić information content (AvgIpc) is 3.60. The molecule has 0 radical (unpaired) electrons. The van der Waals surface area contributed by atoms with Gasteiger partial charge in [0.2, 0.25) is 5.91 Å². The molecule has 1 unspecified atom stereocenters. The van der Waals surface area contributed by atoms with Crippen LogP contribution in [0, 0.1) is 0 Å². The van der Waals surface area contributed by atoms with E-state index in [1.807, 2.05) is 30.0 Å². The fraction of sp³-hybridized carbons (Fsp3) is 0.485. The Morgan fingerprint density at radius 1 is 1.02 bits per heavy atom. The largest absolute Gasteiger partial charge is 0.462 e. The van der Waals surface area contributed by atoms with Gasteiger partial charge in [-0.3, -0.25) is 9.69 Å². The maximum absolute atomic E-state index is 12.8. The third-order valence-corrected chi connectivity index (χ3v) is 8.78. The number of nitrogens with zero attached hydrogens (tertiary/aromatic N) is 7. The van der Waals surface area contributed by atoms with Crippen LogP contribution in [-0.4, -0.2) is 109 Å². The highest BCUT2D eigenvalue weighted by atomic mass is 16.5. The first-order valence-electron chi connectivity index (χ1n) is 15.2. The van der Waals surface area contributed by atoms with E-state index in [1.165, 1.54) is 28.3 Å². The van der Waals surface area contributed by atoms with E-state index in [2.05, 4.69) is 64.2 Å². The Balaban J connectivity index is 1.20. The molecule has 1 amide bonds. The standard InChI is InChI=1S/C33H43N7O2/c1-36(2)15-8-14-31(41)39-17-19-40(20-18-39)32-29-22-38(21-26-11-6-10-25-9-4-5-13-28(25)26)23-30(29)34-33(35-32)42-24-27-12-7-16-37(27)3/h4-6,8-11,13-14,27H,7,12,15-24H2,1-3H3/b14-8+. The van der Waals surface area contributed by atoms with Crippen LogP contribution < -0.4 is 9.64 Å². The van der Waals surface area contributed by atoms with Gasteiger partial charge in [-0.15, -0.1) is 0 Å². The molecule has 4 heterocycles. The maximum Gasteiger partial charge on any atom is 0.318 e. The summed E-state index contributed by atoms with van der Waals surface area (Å²) in [5.41, 5.74) is 3.57. The monoisotopic (exact) mass is 569 g/mol. The minimum Gasteiger partial charge on any atom is -0.462 e. The summed E-state index contributed by atoms with van der Waals surface area (Å²) in [6.07, 6.45) is 5.99. The van der Waals surface area contributed by atoms with Crippen LogP contribution in [0.5, 0.6) is 6.01 Å². The SMILES string of the molecule is CN(C)C/C=C/C(=O)N1CCN(c2nc(OCC3CCCN3C)nc3c2CN(Cc2cccc4ccccc24)C3)CC1. The van der Waals surface area contributed by atoms with E-state index in [4.69, 9.17) is 14.7 Å². The molecule has 0 aliphatic carbocycles. The number of carbonyl (C=O) groups excluding carboxylic acids is 1. The van der Waals surface area contributed by atoms with Crippen molar-refractivity contribution in [3.8, 4) is 6.01 Å². The molecule has 3 aliphatic heterocycles. The van der Waals surface area contributed by atoms with Gasteiger partial charge < -0.3 is 24.3 Å². The molecule has 42 heavy (non-hydrogen) atoms. The molecule has 3 aliphatic rings. The van der Waals surface area contributed by atoms with Crippen LogP contribution in [0.4, 0.5) is 5.82 Å². The fourth-order valence-corrected chi connectivity index (χ4v) is 6.36. The topological polar surface area (TPSA) is 68.3 Å². The van der Waals surface area contributed by atoms with E-state index in [-0.39, 0.29) is 5.91 Å². The van der Waals surface area contributed by atoms with Crippen LogP contribution in [0.1, 0.15) is 29.7 Å². The van der Waals surface area contributed by atoms with Gasteiger partial charge in [0.15, 0.2) is 0 Å². The lowest BCUT2D eigenvalue weighted by atomic mass is 10.0. The summed E-state index contributed by atoms with van der Waals surface area (Å²) in [5, 5.41) is 2.57. The van der Waals surface area contributed by atoms with E-state index in [1.54, 1.807) is 6.08 Å². The molecule has 9 heteroatoms. The van der Waals surface area contributed by atoms with Crippen LogP contribution in [0.2, 0.25) is 0 Å². The minimum atomic E-state index is 0.0791. The van der Waals surface area contributed by atoms with E-state index in [9.17, 15) is 4.79 Å². The van der Waals surface area contributed by atoms with Gasteiger partial charge in [-0.05, 0) is 56.9 Å². The highest BCUT2D eigenvalue weighted by molar-refractivity contribution is 5.88. The van der Waals surface area contributed by atoms with E-state index in [0.29, 0.717) is 31.7 Å². The highest BCUT2D eigenvalue weighted by Gasteiger charge is 2.31. The summed E-state index contributed by atoms with van der Waals surface area (Å²) in [4.78, 5) is 33.8. The Morgan fingerprint density at radius 2 is 1.83 bits per heavy atom. The van der Waals surface area contributed by atoms with Crippen LogP contribution in [-0.2, 0) is 24.4 Å². The van der Waals surface area contributed by atoms with Gasteiger partial charge in [-0.1, -0.05) is 48.5 Å². The smallest absolute Gasteiger partial charge is 0.318 e. The number of benzene rings is 2. The van der Waals surface area contributed by atoms with Gasteiger partial charge in [0.25, 0.3) is 0 Å². The molecular weight excluding hydrogens is 526 g/mol. The lowest BCUT2D eigenvalue weighted by Gasteiger charge is -2.35. The molecule has 0 saturated carbocycles. The van der Waals surface area contributed by atoms with Gasteiger partial charge in [0.05, 0.1) is 5.69 Å². The Kier molecular flexibility index (Phi) is 8.69. The number of amides is 1. The van der Waals surface area contributed by atoms with Gasteiger partial charge in [-0.25, -0.2) is 0 Å². The number of hydrogen-bond acceptors (Lipinski definition) is 8. The zero-order chi connectivity index (χ0) is 29.1. The van der Waals surface area contributed by atoms with Gasteiger partial charge in [0, 0.05) is 70.0 Å². The van der Waals surface area contributed by atoms with Crippen molar-refractivity contribution in [1.82, 2.24) is 29.6 Å². The number of rotatable bonds is 9. The van der Waals surface area contributed by atoms with Gasteiger partial charge >= 0.3 is 6.01 Å². The van der Waals surface area contributed by atoms with Crippen molar-refractivity contribution < 1.29 is 9.53 Å². The first-order chi connectivity index (χ1) is 20.4. The predicted octanol–water partition coefficient (Wildman–Crippen LogP) is 3.39. The molecule has 2 saturated heterocycles. The number of piperazine rings is 1. The second kappa shape index (κ2) is 12.8. The molecule has 222 valence electrons. The quantitative estimate of drug-likeness (QED) is 0.364. The van der Waals surface area contributed by atoms with E-state index >= 15 is 0 Å². The molecule has 0 spiro atoms. The zero-order valence-electron chi connectivity index (χ0n) is 25.2. The molecule has 9 nitrogen and oxygen atoms in total. The molecule has 2 aromatic carbocycles. The number of carbonyl (C=O) groups is 1. The molecular formula is C33H43N7O2. The lowest BCUT2D eigenvalue weighted by molar-refractivity contribution is -0.126. The second-order valence-electron chi connectivity index (χ2n) is 12.1. The molecule has 3 aromatic rings. The molecule has 0 bridgehead atoms. The number of fused-ring (bicyclic) bond motifs is 2. The van der Waals surface area contributed by atoms with Crippen molar-refractivity contribution in [3.05, 3.63) is 71.4 Å². The minimum absolute atomic E-state index is 0.0791. The van der Waals surface area contributed by atoms with Crippen molar-refractivity contribution >= 4 is 22.5 Å². The molecule has 0 N–H and O–H groups in total. The molecule has 6 rings (SSSR count). The third-order valence-electron chi connectivity index (χ3n) is 8.78. The van der Waals surface area contributed by atoms with E-state index in [0.717, 1.165) is 63.7 Å². The Labute approximate surface area is 249 Å². The Hall–Kier alpha value is -3.53. The summed E-state index contributed by atoms with van der Waals surface area (Å²) in [7, 11) is 6.17. The average molecular weight is 570 g/mol. The number of hydrogen-bond donors (Lipinski definition) is 0. The molecule has 1 aromatic heterocycles. The van der Waals surface area contributed by atoms with Crippen LogP contribution >= 0.6 is 0 Å². The zero-order valence-corrected chi connectivity index (χ0v) is 25.2. The first kappa shape index (κ1) is 28.6. The Morgan fingerprint density at radius 3 is 2.62 bits per heavy atom. The Bertz CT molecular complexity index is 1430. The van der Waals surface area contributed by atoms with Crippen LogP contribution in [0.15, 0.2) is 54.6 Å². The van der Waals surface area contributed by atoms with Crippen molar-refractivity contribution in [1.29, 1.82) is 0 Å². The fourth-order valence-electron chi connectivity index (χ4n) is 6.36. The predicted molar refractivity (Wildman–Crippen MR) is 167 cm³/mol. The summed E-state index contributed by atoms with van der Waals surface area (Å²) in [6.45, 7) is 7.72. The summed E-state index contributed by atoms with van der Waals surface area (Å²) >= 11 is 0. The van der Waals surface area contributed by atoms with Crippen molar-refractivity contribution in [2.24, 2.45) is 0 Å². The first-order valence-corrected chi connectivity index (χ1v) is 15.2. The summed E-state index contributed by atoms with van der Waals surface area (Å²) < 4.78 is 6.26. The number of anilines is 1. The van der Waals surface area contributed by atoms with Gasteiger partial charge in [-0.2, -0.15) is 9.97 Å². The maximum atomic E-state index is 12.8. The van der Waals surface area contributed by atoms with E-state index < -0.39 is 0 Å². The lowest BCUT2D eigenvalue weighted by Crippen LogP contribution is -2.49. The third kappa shape index (κ3) is 6.43.